The summed E-state index contributed by atoms with van der Waals surface area (Å²) in [5.74, 6) is -0.863. The topological polar surface area (TPSA) is 78.9 Å². The van der Waals surface area contributed by atoms with Crippen LogP contribution in [0.15, 0.2) is 36.5 Å². The summed E-state index contributed by atoms with van der Waals surface area (Å²) in [5, 5.41) is 0. The van der Waals surface area contributed by atoms with Gasteiger partial charge in [0.25, 0.3) is 0 Å². The molecule has 0 aliphatic heterocycles. The molecule has 0 aromatic rings. The van der Waals surface area contributed by atoms with Crippen LogP contribution in [0.25, 0.3) is 0 Å². The second-order valence-corrected chi connectivity index (χ2v) is 22.7. The van der Waals surface area contributed by atoms with Gasteiger partial charge in [-0.3, -0.25) is 14.4 Å². The fourth-order valence-electron chi connectivity index (χ4n) is 10.1. The lowest BCUT2D eigenvalue weighted by molar-refractivity contribution is -0.167. The predicted octanol–water partition coefficient (Wildman–Crippen LogP) is 22.8. The number of hydrogen-bond acceptors (Lipinski definition) is 6. The van der Waals surface area contributed by atoms with E-state index in [0.717, 1.165) is 70.6 Å². The molecule has 0 N–H and O–H groups in total. The summed E-state index contributed by atoms with van der Waals surface area (Å²) in [7, 11) is 0. The highest BCUT2D eigenvalue weighted by Gasteiger charge is 2.19. The van der Waals surface area contributed by atoms with Crippen molar-refractivity contribution in [3.63, 3.8) is 0 Å². The van der Waals surface area contributed by atoms with Gasteiger partial charge in [0.05, 0.1) is 0 Å². The Morgan fingerprint density at radius 2 is 0.480 bits per heavy atom. The zero-order valence-electron chi connectivity index (χ0n) is 50.6. The van der Waals surface area contributed by atoms with Gasteiger partial charge < -0.3 is 14.2 Å². The Morgan fingerprint density at radius 3 is 0.747 bits per heavy atom. The molecule has 0 saturated heterocycles. The molecular formula is C69H128O6. The van der Waals surface area contributed by atoms with Crippen LogP contribution in [0.5, 0.6) is 0 Å². The molecule has 0 aromatic heterocycles. The molecule has 440 valence electrons. The van der Waals surface area contributed by atoms with Gasteiger partial charge in [-0.25, -0.2) is 0 Å². The van der Waals surface area contributed by atoms with Crippen LogP contribution in [0.4, 0.5) is 0 Å². The van der Waals surface area contributed by atoms with Crippen LogP contribution < -0.4 is 0 Å². The number of esters is 3. The van der Waals surface area contributed by atoms with E-state index in [4.69, 9.17) is 14.2 Å². The third kappa shape index (κ3) is 62.4. The zero-order valence-corrected chi connectivity index (χ0v) is 50.6. The van der Waals surface area contributed by atoms with Crippen molar-refractivity contribution >= 4 is 17.9 Å². The molecule has 0 fully saturated rings. The van der Waals surface area contributed by atoms with Gasteiger partial charge in [0.2, 0.25) is 0 Å². The number of allylic oxidation sites excluding steroid dienone is 6. The Kier molecular flexibility index (Phi) is 62.1. The van der Waals surface area contributed by atoms with Gasteiger partial charge in [-0.2, -0.15) is 0 Å². The van der Waals surface area contributed by atoms with Crippen LogP contribution in [0.1, 0.15) is 367 Å². The molecule has 0 amide bonds. The lowest BCUT2D eigenvalue weighted by atomic mass is 10.0. The fourth-order valence-corrected chi connectivity index (χ4v) is 10.1. The molecule has 0 bridgehead atoms. The summed E-state index contributed by atoms with van der Waals surface area (Å²) in [4.78, 5) is 37.9. The van der Waals surface area contributed by atoms with Crippen molar-refractivity contribution in [1.29, 1.82) is 0 Å². The van der Waals surface area contributed by atoms with Crippen LogP contribution in [-0.4, -0.2) is 37.2 Å². The minimum absolute atomic E-state index is 0.0687. The summed E-state index contributed by atoms with van der Waals surface area (Å²) >= 11 is 0. The van der Waals surface area contributed by atoms with E-state index in [2.05, 4.69) is 57.2 Å². The Labute approximate surface area is 467 Å². The largest absolute Gasteiger partial charge is 0.462 e. The predicted molar refractivity (Wildman–Crippen MR) is 326 cm³/mol. The second-order valence-electron chi connectivity index (χ2n) is 22.7. The number of rotatable bonds is 62. The fraction of sp³-hybridized carbons (Fsp3) is 0.870. The number of carbonyl (C=O) groups is 3. The maximum atomic E-state index is 12.8. The van der Waals surface area contributed by atoms with E-state index < -0.39 is 6.10 Å². The first-order valence-electron chi connectivity index (χ1n) is 33.5. The summed E-state index contributed by atoms with van der Waals surface area (Å²) < 4.78 is 16.8. The SMILES string of the molecule is CCCCCCC/C=C\C/C=C\CCCCCCCCCCCCCCCCCCCCCC(=O)OCC(COC(=O)CCCCCCC)OC(=O)CCCCCCCCCCC/C=C\CCCCCCCCCC. The first kappa shape index (κ1) is 72.6. The Bertz CT molecular complexity index is 1250. The van der Waals surface area contributed by atoms with Crippen LogP contribution in [0.3, 0.4) is 0 Å². The van der Waals surface area contributed by atoms with Crippen LogP contribution in [0.2, 0.25) is 0 Å². The molecule has 0 radical (unpaired) electrons. The van der Waals surface area contributed by atoms with E-state index in [1.807, 2.05) is 0 Å². The van der Waals surface area contributed by atoms with Crippen LogP contribution in [0, 0.1) is 0 Å². The molecule has 0 aliphatic rings. The number of ether oxygens (including phenoxy) is 3. The van der Waals surface area contributed by atoms with Crippen molar-refractivity contribution in [3.8, 4) is 0 Å². The molecule has 0 spiro atoms. The molecule has 1 atom stereocenters. The molecular weight excluding hydrogens is 925 g/mol. The van der Waals surface area contributed by atoms with Gasteiger partial charge in [-0.05, 0) is 77.0 Å². The first-order chi connectivity index (χ1) is 37.0. The highest BCUT2D eigenvalue weighted by molar-refractivity contribution is 5.71. The van der Waals surface area contributed by atoms with E-state index in [1.54, 1.807) is 0 Å². The van der Waals surface area contributed by atoms with Crippen LogP contribution >= 0.6 is 0 Å². The van der Waals surface area contributed by atoms with Crippen molar-refractivity contribution < 1.29 is 28.6 Å². The standard InChI is InChI=1S/C69H128O6/c1-4-7-10-13-15-17-19-21-23-25-27-29-30-31-32-33-34-35-36-37-38-40-41-43-45-47-49-51-53-56-59-62-68(71)74-65-66(64-73-67(70)61-58-55-12-9-6-3)75-69(72)63-60-57-54-52-50-48-46-44-42-39-28-26-24-22-20-18-16-14-11-8-5-2/h19,21,25-28,66H,4-18,20,22-24,29-65H2,1-3H3/b21-19-,27-25-,28-26-. The summed E-state index contributed by atoms with van der Waals surface area (Å²) in [5.41, 5.74) is 0. The van der Waals surface area contributed by atoms with E-state index in [-0.39, 0.29) is 31.1 Å². The molecule has 0 aromatic carbocycles. The van der Waals surface area contributed by atoms with E-state index in [0.29, 0.717) is 19.3 Å². The number of hydrogen-bond donors (Lipinski definition) is 0. The van der Waals surface area contributed by atoms with Gasteiger partial charge in [-0.1, -0.05) is 308 Å². The van der Waals surface area contributed by atoms with Gasteiger partial charge in [0.15, 0.2) is 6.10 Å². The lowest BCUT2D eigenvalue weighted by Gasteiger charge is -2.18. The van der Waals surface area contributed by atoms with Gasteiger partial charge in [-0.15, -0.1) is 0 Å². The Hall–Kier alpha value is -2.37. The highest BCUT2D eigenvalue weighted by atomic mass is 16.6. The van der Waals surface area contributed by atoms with Crippen molar-refractivity contribution in [3.05, 3.63) is 36.5 Å². The van der Waals surface area contributed by atoms with Gasteiger partial charge in [0.1, 0.15) is 13.2 Å². The second kappa shape index (κ2) is 64.2. The van der Waals surface area contributed by atoms with Gasteiger partial charge >= 0.3 is 17.9 Å². The highest BCUT2D eigenvalue weighted by Crippen LogP contribution is 2.18. The lowest BCUT2D eigenvalue weighted by Crippen LogP contribution is -2.30. The Morgan fingerprint density at radius 1 is 0.267 bits per heavy atom. The minimum Gasteiger partial charge on any atom is -0.462 e. The molecule has 0 heterocycles. The van der Waals surface area contributed by atoms with Crippen molar-refractivity contribution in [2.75, 3.05) is 13.2 Å². The number of unbranched alkanes of at least 4 members (excludes halogenated alkanes) is 45. The molecule has 75 heavy (non-hydrogen) atoms. The van der Waals surface area contributed by atoms with E-state index in [1.165, 1.54) is 257 Å². The summed E-state index contributed by atoms with van der Waals surface area (Å²) in [6.45, 7) is 6.60. The average molecular weight is 1050 g/mol. The van der Waals surface area contributed by atoms with Crippen LogP contribution in [-0.2, 0) is 28.6 Å². The molecule has 1 unspecified atom stereocenters. The maximum Gasteiger partial charge on any atom is 0.306 e. The summed E-state index contributed by atoms with van der Waals surface area (Å²) in [6, 6.07) is 0. The van der Waals surface area contributed by atoms with Crippen molar-refractivity contribution in [2.24, 2.45) is 0 Å². The monoisotopic (exact) mass is 1050 g/mol. The number of carbonyl (C=O) groups excluding carboxylic acids is 3. The molecule has 0 rings (SSSR count). The van der Waals surface area contributed by atoms with Gasteiger partial charge in [0, 0.05) is 19.3 Å². The third-order valence-corrected chi connectivity index (χ3v) is 15.1. The average Bonchev–Trinajstić information content (AvgIpc) is 3.41. The molecule has 0 saturated carbocycles. The van der Waals surface area contributed by atoms with E-state index in [9.17, 15) is 14.4 Å². The van der Waals surface area contributed by atoms with Crippen molar-refractivity contribution in [1.82, 2.24) is 0 Å². The van der Waals surface area contributed by atoms with Crippen molar-refractivity contribution in [2.45, 2.75) is 374 Å². The first-order valence-corrected chi connectivity index (χ1v) is 33.5. The van der Waals surface area contributed by atoms with E-state index >= 15 is 0 Å². The normalized spacial score (nSPS) is 12.2. The quantitative estimate of drug-likeness (QED) is 0.0261. The molecule has 0 aliphatic carbocycles. The minimum atomic E-state index is -0.767. The molecule has 6 heteroatoms. The zero-order chi connectivity index (χ0) is 54.3. The smallest absolute Gasteiger partial charge is 0.306 e. The maximum absolute atomic E-state index is 12.8. The Balaban J connectivity index is 3.93. The third-order valence-electron chi connectivity index (χ3n) is 15.1. The summed E-state index contributed by atoms with van der Waals surface area (Å²) in [6.07, 6.45) is 79.4. The molecule has 6 nitrogen and oxygen atoms in total.